The smallest absolute Gasteiger partial charge is 0.231 e. The summed E-state index contributed by atoms with van der Waals surface area (Å²) in [6.45, 7) is 2.96. The zero-order chi connectivity index (χ0) is 14.8. The van der Waals surface area contributed by atoms with Gasteiger partial charge >= 0.3 is 0 Å². The Bertz CT molecular complexity index is 639. The lowest BCUT2D eigenvalue weighted by Gasteiger charge is -2.29. The van der Waals surface area contributed by atoms with E-state index in [1.54, 1.807) is 24.0 Å². The minimum atomic E-state index is -0.299. The van der Waals surface area contributed by atoms with Crippen molar-refractivity contribution in [2.75, 3.05) is 13.1 Å². The Morgan fingerprint density at radius 1 is 1.38 bits per heavy atom. The summed E-state index contributed by atoms with van der Waals surface area (Å²) in [5.41, 5.74) is 0.714. The predicted octanol–water partition coefficient (Wildman–Crippen LogP) is 2.60. The summed E-state index contributed by atoms with van der Waals surface area (Å²) in [5, 5.41) is 3.95. The largest absolute Gasteiger partial charge is 0.342 e. The third kappa shape index (κ3) is 2.94. The van der Waals surface area contributed by atoms with E-state index in [4.69, 9.17) is 4.52 Å². The quantitative estimate of drug-likeness (QED) is 0.852. The molecule has 110 valence electrons. The summed E-state index contributed by atoms with van der Waals surface area (Å²) in [4.78, 5) is 17.6. The maximum absolute atomic E-state index is 12.9. The molecule has 1 saturated heterocycles. The Hall–Kier alpha value is -2.24. The first kappa shape index (κ1) is 13.7. The van der Waals surface area contributed by atoms with Gasteiger partial charge in [-0.25, -0.2) is 4.39 Å². The molecule has 5 nitrogen and oxygen atoms in total. The first-order chi connectivity index (χ1) is 10.1. The Morgan fingerprint density at radius 3 is 2.86 bits per heavy atom. The van der Waals surface area contributed by atoms with Gasteiger partial charge in [0, 0.05) is 25.6 Å². The van der Waals surface area contributed by atoms with Crippen LogP contribution in [0.5, 0.6) is 0 Å². The number of hydrogen-bond acceptors (Lipinski definition) is 4. The summed E-state index contributed by atoms with van der Waals surface area (Å²) in [7, 11) is 0. The average Bonchev–Trinajstić information content (AvgIpc) is 2.98. The molecule has 0 aliphatic carbocycles. The molecule has 1 aliphatic heterocycles. The number of carbonyl (C=O) groups excluding carboxylic acids is 1. The number of carbonyl (C=O) groups is 1. The van der Waals surface area contributed by atoms with E-state index in [0.717, 1.165) is 19.4 Å². The van der Waals surface area contributed by atoms with Gasteiger partial charge < -0.3 is 9.42 Å². The lowest BCUT2D eigenvalue weighted by Crippen LogP contribution is -2.37. The molecule has 1 atom stereocenters. The molecule has 3 rings (SSSR count). The Labute approximate surface area is 121 Å². The van der Waals surface area contributed by atoms with Crippen LogP contribution in [-0.4, -0.2) is 34.0 Å². The molecule has 6 heteroatoms. The molecule has 0 saturated carbocycles. The fourth-order valence-electron chi connectivity index (χ4n) is 2.58. The number of rotatable bonds is 2. The van der Waals surface area contributed by atoms with Crippen LogP contribution in [0.3, 0.4) is 0 Å². The van der Waals surface area contributed by atoms with Crippen LogP contribution < -0.4 is 0 Å². The molecule has 0 bridgehead atoms. The van der Waals surface area contributed by atoms with Crippen molar-refractivity contribution < 1.29 is 13.7 Å². The zero-order valence-electron chi connectivity index (χ0n) is 11.8. The fourth-order valence-corrected chi connectivity index (χ4v) is 2.58. The molecule has 0 spiro atoms. The van der Waals surface area contributed by atoms with Crippen molar-refractivity contribution in [3.8, 4) is 11.4 Å². The van der Waals surface area contributed by atoms with Gasteiger partial charge in [0.2, 0.25) is 17.6 Å². The van der Waals surface area contributed by atoms with E-state index in [1.165, 1.54) is 12.1 Å². The van der Waals surface area contributed by atoms with Crippen molar-refractivity contribution in [2.45, 2.75) is 25.7 Å². The summed E-state index contributed by atoms with van der Waals surface area (Å²) >= 11 is 0. The summed E-state index contributed by atoms with van der Waals surface area (Å²) < 4.78 is 18.2. The second kappa shape index (κ2) is 5.63. The third-order valence-electron chi connectivity index (χ3n) is 3.76. The van der Waals surface area contributed by atoms with Gasteiger partial charge in [-0.05, 0) is 37.1 Å². The van der Waals surface area contributed by atoms with Crippen molar-refractivity contribution in [2.24, 2.45) is 0 Å². The standard InChI is InChI=1S/C15H16FN3O2/c1-10(20)19-8-2-3-12(9-19)15-17-14(18-21-15)11-4-6-13(16)7-5-11/h4-7,12H,2-3,8-9H2,1H3/t12-/m1/s1. The van der Waals surface area contributed by atoms with Crippen molar-refractivity contribution in [3.63, 3.8) is 0 Å². The molecular weight excluding hydrogens is 273 g/mol. The van der Waals surface area contributed by atoms with E-state index in [9.17, 15) is 9.18 Å². The maximum atomic E-state index is 12.9. The highest BCUT2D eigenvalue weighted by molar-refractivity contribution is 5.73. The summed E-state index contributed by atoms with van der Waals surface area (Å²) in [6.07, 6.45) is 1.85. The van der Waals surface area contributed by atoms with Gasteiger partial charge in [-0.3, -0.25) is 4.79 Å². The van der Waals surface area contributed by atoms with Crippen LogP contribution in [0.2, 0.25) is 0 Å². The summed E-state index contributed by atoms with van der Waals surface area (Å²) in [6, 6.07) is 5.96. The van der Waals surface area contributed by atoms with Crippen LogP contribution in [0.4, 0.5) is 4.39 Å². The molecule has 1 fully saturated rings. The number of piperidine rings is 1. The first-order valence-electron chi connectivity index (χ1n) is 6.98. The molecule has 0 radical (unpaired) electrons. The van der Waals surface area contributed by atoms with Crippen molar-refractivity contribution >= 4 is 5.91 Å². The van der Waals surface area contributed by atoms with Gasteiger partial charge in [0.1, 0.15) is 5.82 Å². The van der Waals surface area contributed by atoms with Crippen molar-refractivity contribution in [1.29, 1.82) is 0 Å². The Morgan fingerprint density at radius 2 is 2.14 bits per heavy atom. The molecule has 1 amide bonds. The van der Waals surface area contributed by atoms with Gasteiger partial charge in [0.15, 0.2) is 0 Å². The van der Waals surface area contributed by atoms with Gasteiger partial charge in [-0.15, -0.1) is 0 Å². The second-order valence-corrected chi connectivity index (χ2v) is 5.27. The molecular formula is C15H16FN3O2. The highest BCUT2D eigenvalue weighted by atomic mass is 19.1. The molecule has 0 unspecified atom stereocenters. The monoisotopic (exact) mass is 289 g/mol. The van der Waals surface area contributed by atoms with Crippen molar-refractivity contribution in [3.05, 3.63) is 36.0 Å². The molecule has 21 heavy (non-hydrogen) atoms. The van der Waals surface area contributed by atoms with E-state index in [0.29, 0.717) is 23.8 Å². The van der Waals surface area contributed by atoms with Gasteiger partial charge in [0.05, 0.1) is 5.92 Å². The van der Waals surface area contributed by atoms with Gasteiger partial charge in [0.25, 0.3) is 0 Å². The minimum Gasteiger partial charge on any atom is -0.342 e. The van der Waals surface area contributed by atoms with Crippen LogP contribution in [-0.2, 0) is 4.79 Å². The van der Waals surface area contributed by atoms with E-state index >= 15 is 0 Å². The third-order valence-corrected chi connectivity index (χ3v) is 3.76. The Balaban J connectivity index is 1.78. The van der Waals surface area contributed by atoms with Crippen LogP contribution in [0.25, 0.3) is 11.4 Å². The predicted molar refractivity (Wildman–Crippen MR) is 73.9 cm³/mol. The topological polar surface area (TPSA) is 59.2 Å². The SMILES string of the molecule is CC(=O)N1CCC[C@@H](c2nc(-c3ccc(F)cc3)no2)C1. The lowest BCUT2D eigenvalue weighted by atomic mass is 9.98. The van der Waals surface area contributed by atoms with Crippen LogP contribution in [0.1, 0.15) is 31.6 Å². The molecule has 1 aromatic heterocycles. The van der Waals surface area contributed by atoms with Gasteiger partial charge in [-0.1, -0.05) is 5.16 Å². The normalized spacial score (nSPS) is 18.8. The number of hydrogen-bond donors (Lipinski definition) is 0. The molecule has 2 heterocycles. The number of halogens is 1. The van der Waals surface area contributed by atoms with Crippen LogP contribution >= 0.6 is 0 Å². The highest BCUT2D eigenvalue weighted by Gasteiger charge is 2.27. The first-order valence-corrected chi connectivity index (χ1v) is 6.98. The maximum Gasteiger partial charge on any atom is 0.231 e. The summed E-state index contributed by atoms with van der Waals surface area (Å²) in [5.74, 6) is 0.833. The van der Waals surface area contributed by atoms with Crippen molar-refractivity contribution in [1.82, 2.24) is 15.0 Å². The molecule has 2 aromatic rings. The van der Waals surface area contributed by atoms with Gasteiger partial charge in [-0.2, -0.15) is 4.98 Å². The molecule has 1 aliphatic rings. The number of aromatic nitrogens is 2. The number of likely N-dealkylation sites (tertiary alicyclic amines) is 1. The fraction of sp³-hybridized carbons (Fsp3) is 0.400. The highest BCUT2D eigenvalue weighted by Crippen LogP contribution is 2.27. The number of amides is 1. The lowest BCUT2D eigenvalue weighted by molar-refractivity contribution is -0.130. The molecule has 1 aromatic carbocycles. The number of benzene rings is 1. The minimum absolute atomic E-state index is 0.0676. The number of nitrogens with zero attached hydrogens (tertiary/aromatic N) is 3. The van der Waals surface area contributed by atoms with Crippen LogP contribution in [0, 0.1) is 5.82 Å². The van der Waals surface area contributed by atoms with E-state index in [1.807, 2.05) is 0 Å². The van der Waals surface area contributed by atoms with Crippen LogP contribution in [0.15, 0.2) is 28.8 Å². The van der Waals surface area contributed by atoms with E-state index < -0.39 is 0 Å². The Kier molecular flexibility index (Phi) is 3.68. The molecule has 0 N–H and O–H groups in total. The second-order valence-electron chi connectivity index (χ2n) is 5.27. The van der Waals surface area contributed by atoms with E-state index in [2.05, 4.69) is 10.1 Å². The van der Waals surface area contributed by atoms with E-state index in [-0.39, 0.29) is 17.6 Å². The average molecular weight is 289 g/mol. The zero-order valence-corrected chi connectivity index (χ0v) is 11.8.